The zero-order chi connectivity index (χ0) is 22.4. The fourth-order valence-corrected chi connectivity index (χ4v) is 3.08. The van der Waals surface area contributed by atoms with Gasteiger partial charge in [-0.3, -0.25) is 4.79 Å². The highest BCUT2D eigenvalue weighted by Gasteiger charge is 2.22. The lowest BCUT2D eigenvalue weighted by atomic mass is 10.2. The number of carbonyl (C=O) groups excluding carboxylic acids is 2. The van der Waals surface area contributed by atoms with E-state index >= 15 is 0 Å². The first kappa shape index (κ1) is 22.1. The molecule has 162 valence electrons. The minimum absolute atomic E-state index is 0.267. The molecule has 1 amide bonds. The van der Waals surface area contributed by atoms with E-state index < -0.39 is 12.1 Å². The lowest BCUT2D eigenvalue weighted by Crippen LogP contribution is -2.37. The zero-order valence-corrected chi connectivity index (χ0v) is 18.1. The van der Waals surface area contributed by atoms with Crippen molar-refractivity contribution < 1.29 is 23.6 Å². The summed E-state index contributed by atoms with van der Waals surface area (Å²) in [6, 6.07) is 16.2. The maximum atomic E-state index is 12.5. The summed E-state index contributed by atoms with van der Waals surface area (Å²) in [5, 5.41) is 3.90. The zero-order valence-electron chi connectivity index (χ0n) is 18.1. The van der Waals surface area contributed by atoms with E-state index in [2.05, 4.69) is 5.16 Å². The summed E-state index contributed by atoms with van der Waals surface area (Å²) in [5.41, 5.74) is 3.03. The van der Waals surface area contributed by atoms with E-state index in [0.717, 1.165) is 16.8 Å². The van der Waals surface area contributed by atoms with Gasteiger partial charge in [-0.25, -0.2) is 4.79 Å². The molecule has 0 saturated carbocycles. The van der Waals surface area contributed by atoms with Crippen LogP contribution in [0.15, 0.2) is 59.1 Å². The predicted molar refractivity (Wildman–Crippen MR) is 115 cm³/mol. The first-order chi connectivity index (χ1) is 14.8. The van der Waals surface area contributed by atoms with Crippen LogP contribution in [0.4, 0.5) is 0 Å². The van der Waals surface area contributed by atoms with Gasteiger partial charge in [-0.15, -0.1) is 0 Å². The van der Waals surface area contributed by atoms with Gasteiger partial charge in [0.2, 0.25) is 0 Å². The molecular formula is C24H26N2O5. The number of amides is 1. The van der Waals surface area contributed by atoms with Gasteiger partial charge in [0.1, 0.15) is 18.1 Å². The molecule has 0 spiro atoms. The number of ether oxygens (including phenoxy) is 2. The molecule has 0 aliphatic carbocycles. The van der Waals surface area contributed by atoms with Crippen molar-refractivity contribution in [2.45, 2.75) is 40.0 Å². The number of likely N-dealkylation sites (N-methyl/N-ethyl adjacent to an activating group) is 1. The van der Waals surface area contributed by atoms with Crippen LogP contribution in [0, 0.1) is 13.8 Å². The van der Waals surface area contributed by atoms with Crippen LogP contribution in [0.25, 0.3) is 0 Å². The Morgan fingerprint density at radius 3 is 2.35 bits per heavy atom. The number of aromatic nitrogens is 1. The second-order valence-corrected chi connectivity index (χ2v) is 7.34. The number of hydrogen-bond donors (Lipinski definition) is 0. The highest BCUT2D eigenvalue weighted by Crippen LogP contribution is 2.18. The number of esters is 1. The molecule has 7 nitrogen and oxygen atoms in total. The molecule has 0 saturated heterocycles. The van der Waals surface area contributed by atoms with Gasteiger partial charge in [0.15, 0.2) is 6.10 Å². The molecule has 1 heterocycles. The van der Waals surface area contributed by atoms with Crippen molar-refractivity contribution in [1.82, 2.24) is 10.1 Å². The van der Waals surface area contributed by atoms with E-state index in [0.29, 0.717) is 30.2 Å². The minimum Gasteiger partial charge on any atom is -0.489 e. The van der Waals surface area contributed by atoms with Gasteiger partial charge < -0.3 is 18.9 Å². The molecule has 0 radical (unpaired) electrons. The molecule has 0 fully saturated rings. The van der Waals surface area contributed by atoms with E-state index in [9.17, 15) is 9.59 Å². The van der Waals surface area contributed by atoms with Crippen LogP contribution in [-0.2, 0) is 22.7 Å². The van der Waals surface area contributed by atoms with Gasteiger partial charge in [-0.05, 0) is 50.6 Å². The lowest BCUT2D eigenvalue weighted by molar-refractivity contribution is -0.139. The van der Waals surface area contributed by atoms with Crippen molar-refractivity contribution in [2.24, 2.45) is 0 Å². The van der Waals surface area contributed by atoms with Gasteiger partial charge in [0.25, 0.3) is 5.91 Å². The monoisotopic (exact) mass is 422 g/mol. The molecule has 2 aromatic carbocycles. The highest BCUT2D eigenvalue weighted by atomic mass is 16.5. The highest BCUT2D eigenvalue weighted by molar-refractivity contribution is 5.92. The Morgan fingerprint density at radius 1 is 1.06 bits per heavy atom. The normalized spacial score (nSPS) is 11.6. The minimum atomic E-state index is -0.892. The number of aryl methyl sites for hydroxylation is 2. The van der Waals surface area contributed by atoms with Gasteiger partial charge in [-0.1, -0.05) is 35.5 Å². The van der Waals surface area contributed by atoms with Crippen molar-refractivity contribution >= 4 is 11.9 Å². The summed E-state index contributed by atoms with van der Waals surface area (Å²) in [6.07, 6.45) is -0.892. The van der Waals surface area contributed by atoms with Crippen LogP contribution >= 0.6 is 0 Å². The average molecular weight is 422 g/mol. The molecule has 3 rings (SSSR count). The maximum absolute atomic E-state index is 12.5. The fourth-order valence-electron chi connectivity index (χ4n) is 3.08. The number of rotatable bonds is 8. The van der Waals surface area contributed by atoms with E-state index in [1.807, 2.05) is 44.2 Å². The van der Waals surface area contributed by atoms with Crippen LogP contribution in [0.2, 0.25) is 0 Å². The van der Waals surface area contributed by atoms with Gasteiger partial charge in [0, 0.05) is 13.6 Å². The van der Waals surface area contributed by atoms with Gasteiger partial charge >= 0.3 is 5.97 Å². The van der Waals surface area contributed by atoms with Crippen molar-refractivity contribution in [3.05, 3.63) is 82.7 Å². The van der Waals surface area contributed by atoms with E-state index in [4.69, 9.17) is 14.0 Å². The van der Waals surface area contributed by atoms with E-state index in [1.165, 1.54) is 0 Å². The Bertz CT molecular complexity index is 1010. The molecule has 1 atom stereocenters. The molecule has 0 N–H and O–H groups in total. The standard InChI is InChI=1S/C24H26N2O5/c1-16-22(17(2)31-25-16)15-29-21-12-10-20(11-13-21)24(28)30-18(3)23(27)26(4)14-19-8-6-5-7-9-19/h5-13,18H,14-15H2,1-4H3/t18-/m0/s1. The summed E-state index contributed by atoms with van der Waals surface area (Å²) in [5.74, 6) is 0.486. The molecule has 7 heteroatoms. The summed E-state index contributed by atoms with van der Waals surface area (Å²) >= 11 is 0. The number of carbonyl (C=O) groups is 2. The molecular weight excluding hydrogens is 396 g/mol. The van der Waals surface area contributed by atoms with E-state index in [-0.39, 0.29) is 5.91 Å². The molecule has 31 heavy (non-hydrogen) atoms. The molecule has 3 aromatic rings. The first-order valence-corrected chi connectivity index (χ1v) is 9.99. The molecule has 0 aliphatic heterocycles. The fraction of sp³-hybridized carbons (Fsp3) is 0.292. The average Bonchev–Trinajstić information content (AvgIpc) is 3.09. The van der Waals surface area contributed by atoms with Gasteiger partial charge in [0.05, 0.1) is 16.8 Å². The third-order valence-electron chi connectivity index (χ3n) is 4.92. The Kier molecular flexibility index (Phi) is 7.07. The van der Waals surface area contributed by atoms with Crippen molar-refractivity contribution in [2.75, 3.05) is 7.05 Å². The number of benzene rings is 2. The van der Waals surface area contributed by atoms with Gasteiger partial charge in [-0.2, -0.15) is 0 Å². The van der Waals surface area contributed by atoms with Crippen LogP contribution in [0.3, 0.4) is 0 Å². The van der Waals surface area contributed by atoms with Crippen LogP contribution in [0.5, 0.6) is 5.75 Å². The second-order valence-electron chi connectivity index (χ2n) is 7.34. The molecule has 0 aliphatic rings. The molecule has 1 aromatic heterocycles. The van der Waals surface area contributed by atoms with Crippen LogP contribution < -0.4 is 4.74 Å². The van der Waals surface area contributed by atoms with Crippen molar-refractivity contribution in [3.8, 4) is 5.75 Å². The smallest absolute Gasteiger partial charge is 0.338 e. The maximum Gasteiger partial charge on any atom is 0.338 e. The largest absolute Gasteiger partial charge is 0.489 e. The van der Waals surface area contributed by atoms with Crippen LogP contribution in [0.1, 0.15) is 39.9 Å². The first-order valence-electron chi connectivity index (χ1n) is 9.99. The summed E-state index contributed by atoms with van der Waals surface area (Å²) < 4.78 is 16.2. The van der Waals surface area contributed by atoms with Crippen LogP contribution in [-0.4, -0.2) is 35.1 Å². The van der Waals surface area contributed by atoms with Crippen molar-refractivity contribution in [1.29, 1.82) is 0 Å². The summed E-state index contributed by atoms with van der Waals surface area (Å²) in [4.78, 5) is 26.5. The topological polar surface area (TPSA) is 81.9 Å². The Hall–Kier alpha value is -3.61. The number of hydrogen-bond acceptors (Lipinski definition) is 6. The number of nitrogens with zero attached hydrogens (tertiary/aromatic N) is 2. The van der Waals surface area contributed by atoms with Crippen molar-refractivity contribution in [3.63, 3.8) is 0 Å². The molecule has 0 bridgehead atoms. The third kappa shape index (κ3) is 5.72. The lowest BCUT2D eigenvalue weighted by Gasteiger charge is -2.21. The summed E-state index contributed by atoms with van der Waals surface area (Å²) in [6.45, 7) is 6.03. The summed E-state index contributed by atoms with van der Waals surface area (Å²) in [7, 11) is 1.69. The Balaban J connectivity index is 1.53. The Morgan fingerprint density at radius 2 is 1.74 bits per heavy atom. The Labute approximate surface area is 181 Å². The quantitative estimate of drug-likeness (QED) is 0.509. The van der Waals surface area contributed by atoms with E-state index in [1.54, 1.807) is 43.1 Å². The second kappa shape index (κ2) is 9.93. The SMILES string of the molecule is Cc1noc(C)c1COc1ccc(C(=O)O[C@@H](C)C(=O)N(C)Cc2ccccc2)cc1. The third-order valence-corrected chi connectivity index (χ3v) is 4.92. The predicted octanol–water partition coefficient (Wildman–Crippen LogP) is 4.07. The molecule has 0 unspecified atom stereocenters.